The number of carbonyl (C=O) groups excluding carboxylic acids is 1. The van der Waals surface area contributed by atoms with Gasteiger partial charge < -0.3 is 23.9 Å². The first-order chi connectivity index (χ1) is 17.0. The van der Waals surface area contributed by atoms with E-state index in [0.717, 1.165) is 5.56 Å². The minimum atomic E-state index is -2.97. The first-order valence-corrected chi connectivity index (χ1v) is 11.4. The van der Waals surface area contributed by atoms with Gasteiger partial charge in [-0.1, -0.05) is 12.1 Å². The molecule has 35 heavy (non-hydrogen) atoms. The fraction of sp³-hybridized carbons (Fsp3) is 0.400. The van der Waals surface area contributed by atoms with E-state index in [1.165, 1.54) is 6.07 Å². The van der Waals surface area contributed by atoms with Crippen molar-refractivity contribution in [2.24, 2.45) is 5.92 Å². The van der Waals surface area contributed by atoms with Crippen LogP contribution in [0, 0.1) is 17.2 Å². The second-order valence-corrected chi connectivity index (χ2v) is 8.64. The molecule has 0 saturated carbocycles. The number of nitrogens with zero attached hydrogens (tertiary/aromatic N) is 2. The maximum absolute atomic E-state index is 12.9. The number of fused-ring (bicyclic) bond motifs is 1. The van der Waals surface area contributed by atoms with E-state index in [-0.39, 0.29) is 35.8 Å². The number of hydrogen-bond donors (Lipinski definition) is 1. The van der Waals surface area contributed by atoms with E-state index in [9.17, 15) is 18.8 Å². The topological polar surface area (TPSA) is 107 Å². The third kappa shape index (κ3) is 5.05. The van der Waals surface area contributed by atoms with Crippen molar-refractivity contribution in [3.63, 3.8) is 0 Å². The summed E-state index contributed by atoms with van der Waals surface area (Å²) in [5, 5.41) is 12.2. The Morgan fingerprint density at radius 1 is 1.26 bits per heavy atom. The van der Waals surface area contributed by atoms with Gasteiger partial charge in [-0.05, 0) is 36.2 Å². The highest BCUT2D eigenvalue weighted by Gasteiger charge is 2.32. The minimum Gasteiger partial charge on any atom is -0.484 e. The van der Waals surface area contributed by atoms with E-state index in [0.29, 0.717) is 55.2 Å². The fourth-order valence-electron chi connectivity index (χ4n) is 4.56. The molecule has 1 unspecified atom stereocenters. The number of benzene rings is 2. The molecule has 0 spiro atoms. The van der Waals surface area contributed by atoms with Gasteiger partial charge in [0.05, 0.1) is 18.8 Å². The number of alkyl halides is 2. The van der Waals surface area contributed by atoms with Gasteiger partial charge in [-0.2, -0.15) is 14.0 Å². The summed E-state index contributed by atoms with van der Waals surface area (Å²) < 4.78 is 47.5. The third-order valence-corrected chi connectivity index (χ3v) is 6.30. The highest BCUT2D eigenvalue weighted by Crippen LogP contribution is 2.37. The van der Waals surface area contributed by atoms with Crippen LogP contribution in [0.1, 0.15) is 35.8 Å². The number of halogens is 2. The van der Waals surface area contributed by atoms with E-state index in [1.807, 2.05) is 0 Å². The van der Waals surface area contributed by atoms with Crippen molar-refractivity contribution in [2.75, 3.05) is 19.8 Å². The molecule has 2 fully saturated rings. The third-order valence-electron chi connectivity index (χ3n) is 6.30. The van der Waals surface area contributed by atoms with E-state index < -0.39 is 12.5 Å². The van der Waals surface area contributed by atoms with Crippen molar-refractivity contribution >= 4 is 17.0 Å². The quantitative estimate of drug-likeness (QED) is 0.543. The molecule has 0 aliphatic carbocycles. The van der Waals surface area contributed by atoms with Gasteiger partial charge in [0.1, 0.15) is 17.7 Å². The Labute approximate surface area is 199 Å². The van der Waals surface area contributed by atoms with Crippen molar-refractivity contribution < 1.29 is 32.2 Å². The van der Waals surface area contributed by atoms with Gasteiger partial charge in [0, 0.05) is 31.2 Å². The summed E-state index contributed by atoms with van der Waals surface area (Å²) in [7, 11) is 0. The van der Waals surface area contributed by atoms with Gasteiger partial charge in [-0.3, -0.25) is 4.79 Å². The highest BCUT2D eigenvalue weighted by molar-refractivity contribution is 5.81. The average Bonchev–Trinajstić information content (AvgIpc) is 3.50. The van der Waals surface area contributed by atoms with Gasteiger partial charge in [0.25, 0.3) is 0 Å². The summed E-state index contributed by atoms with van der Waals surface area (Å²) in [6.07, 6.45) is 1.22. The van der Waals surface area contributed by atoms with Crippen molar-refractivity contribution in [3.05, 3.63) is 53.4 Å². The average molecular weight is 483 g/mol. The van der Waals surface area contributed by atoms with Crippen LogP contribution < -0.4 is 14.8 Å². The second-order valence-electron chi connectivity index (χ2n) is 8.64. The van der Waals surface area contributed by atoms with Crippen molar-refractivity contribution in [2.45, 2.75) is 37.9 Å². The Kier molecular flexibility index (Phi) is 6.51. The largest absolute Gasteiger partial charge is 0.484 e. The number of amides is 1. The van der Waals surface area contributed by atoms with Crippen LogP contribution in [-0.4, -0.2) is 43.4 Å². The lowest BCUT2D eigenvalue weighted by Gasteiger charge is -2.29. The molecular weight excluding hydrogens is 460 g/mol. The maximum atomic E-state index is 12.9. The zero-order valence-corrected chi connectivity index (χ0v) is 18.7. The Hall–Kier alpha value is -3.71. The first kappa shape index (κ1) is 23.1. The zero-order valence-electron chi connectivity index (χ0n) is 18.7. The molecule has 2 aliphatic heterocycles. The lowest BCUT2D eigenvalue weighted by Crippen LogP contribution is -2.41. The number of carbonyl (C=O) groups is 1. The molecule has 5 rings (SSSR count). The Balaban J connectivity index is 1.35. The standard InChI is InChI=1S/C25H23F2N3O5/c26-25(27)35-19-5-4-14(9-21(19)33-18-6-7-32-13-18)17-8-16(24(31)29-12-17)10-22-30-23-15(11-28)2-1-3-20(23)34-22/h1-5,9,16-18,25H,6-8,10,12-13H2,(H,29,31)/t16-,17-,18?/m1/s1. The molecule has 10 heteroatoms. The molecule has 3 atom stereocenters. The summed E-state index contributed by atoms with van der Waals surface area (Å²) in [6, 6.07) is 12.1. The van der Waals surface area contributed by atoms with Crippen molar-refractivity contribution in [1.29, 1.82) is 5.26 Å². The smallest absolute Gasteiger partial charge is 0.387 e. The molecule has 0 bridgehead atoms. The molecule has 2 aromatic carbocycles. The molecule has 3 aromatic rings. The Morgan fingerprint density at radius 2 is 2.14 bits per heavy atom. The number of hydrogen-bond acceptors (Lipinski definition) is 7. The first-order valence-electron chi connectivity index (χ1n) is 11.4. The highest BCUT2D eigenvalue weighted by atomic mass is 19.3. The fourth-order valence-corrected chi connectivity index (χ4v) is 4.56. The van der Waals surface area contributed by atoms with Gasteiger partial charge in [-0.25, -0.2) is 4.98 Å². The van der Waals surface area contributed by atoms with Crippen LogP contribution in [-0.2, 0) is 16.0 Å². The van der Waals surface area contributed by atoms with E-state index in [4.69, 9.17) is 13.9 Å². The number of oxazole rings is 1. The lowest BCUT2D eigenvalue weighted by atomic mass is 9.83. The van der Waals surface area contributed by atoms with E-state index in [1.54, 1.807) is 30.3 Å². The molecule has 1 N–H and O–H groups in total. The molecule has 1 aromatic heterocycles. The number of rotatable bonds is 7. The van der Waals surface area contributed by atoms with Crippen LogP contribution in [0.4, 0.5) is 8.78 Å². The molecule has 2 saturated heterocycles. The number of piperidine rings is 1. The number of aromatic nitrogens is 1. The Bertz CT molecular complexity index is 1270. The van der Waals surface area contributed by atoms with E-state index in [2.05, 4.69) is 21.1 Å². The van der Waals surface area contributed by atoms with Crippen molar-refractivity contribution in [1.82, 2.24) is 10.3 Å². The van der Waals surface area contributed by atoms with Crippen LogP contribution in [0.5, 0.6) is 11.5 Å². The summed E-state index contributed by atoms with van der Waals surface area (Å²) in [6.45, 7) is -1.63. The molecule has 182 valence electrons. The molecule has 3 heterocycles. The molecule has 0 radical (unpaired) electrons. The number of nitrogens with one attached hydrogen (secondary N) is 1. The van der Waals surface area contributed by atoms with Crippen LogP contribution >= 0.6 is 0 Å². The summed E-state index contributed by atoms with van der Waals surface area (Å²) in [4.78, 5) is 17.0. The lowest BCUT2D eigenvalue weighted by molar-refractivity contribution is -0.127. The molecule has 2 aliphatic rings. The van der Waals surface area contributed by atoms with E-state index >= 15 is 0 Å². The SMILES string of the molecule is N#Cc1cccc2oc(C[C@H]3C[C@@H](c4ccc(OC(F)F)c(OC5CCOC5)c4)CNC3=O)nc12. The van der Waals surface area contributed by atoms with Crippen molar-refractivity contribution in [3.8, 4) is 17.6 Å². The van der Waals surface area contributed by atoms with Crippen LogP contribution in [0.15, 0.2) is 40.8 Å². The normalized spacial score (nSPS) is 22.2. The summed E-state index contributed by atoms with van der Waals surface area (Å²) >= 11 is 0. The van der Waals surface area contributed by atoms with Crippen LogP contribution in [0.25, 0.3) is 11.1 Å². The molecule has 1 amide bonds. The van der Waals surface area contributed by atoms with Crippen LogP contribution in [0.3, 0.4) is 0 Å². The number of ether oxygens (including phenoxy) is 3. The minimum absolute atomic E-state index is 0.0354. The van der Waals surface area contributed by atoms with Gasteiger partial charge in [0.15, 0.2) is 23.0 Å². The molecular formula is C25H23F2N3O5. The van der Waals surface area contributed by atoms with Gasteiger partial charge in [-0.15, -0.1) is 0 Å². The predicted molar refractivity (Wildman–Crippen MR) is 119 cm³/mol. The number of para-hydroxylation sites is 1. The van der Waals surface area contributed by atoms with Crippen LogP contribution in [0.2, 0.25) is 0 Å². The Morgan fingerprint density at radius 3 is 2.91 bits per heavy atom. The molecule has 8 nitrogen and oxygen atoms in total. The number of nitriles is 1. The summed E-state index contributed by atoms with van der Waals surface area (Å²) in [5.74, 6) is -0.00584. The summed E-state index contributed by atoms with van der Waals surface area (Å²) in [5.41, 5.74) is 2.23. The maximum Gasteiger partial charge on any atom is 0.387 e. The second kappa shape index (κ2) is 9.88. The van der Waals surface area contributed by atoms with Gasteiger partial charge >= 0.3 is 6.61 Å². The predicted octanol–water partition coefficient (Wildman–Crippen LogP) is 3.93. The zero-order chi connectivity index (χ0) is 24.4. The monoisotopic (exact) mass is 483 g/mol. The van der Waals surface area contributed by atoms with Gasteiger partial charge in [0.2, 0.25) is 5.91 Å².